The standard InChI is InChI=1S/C29H34ClN3O4S/c1-4-5-18-31-29(35)23(3)32(20-24-11-9-10-22(2)19-24)28(34)21-33(26-12-7-6-8-13-26)38(36,37)27-16-14-25(30)15-17-27/h6-17,19,23H,4-5,18,20-21H2,1-3H3,(H,31,35)/t23-/m1/s1. The Bertz CT molecular complexity index is 1330. The average molecular weight is 556 g/mol. The third kappa shape index (κ3) is 7.58. The first-order valence-electron chi connectivity index (χ1n) is 12.6. The van der Waals surface area contributed by atoms with E-state index in [1.807, 2.05) is 38.1 Å². The molecule has 3 aromatic rings. The molecular formula is C29H34ClN3O4S. The van der Waals surface area contributed by atoms with Gasteiger partial charge in [-0.1, -0.05) is 73.0 Å². The highest BCUT2D eigenvalue weighted by Crippen LogP contribution is 2.25. The fraction of sp³-hybridized carbons (Fsp3) is 0.310. The van der Waals surface area contributed by atoms with Gasteiger partial charge in [0.1, 0.15) is 12.6 Å². The number of sulfonamides is 1. The van der Waals surface area contributed by atoms with Gasteiger partial charge in [-0.15, -0.1) is 0 Å². The van der Waals surface area contributed by atoms with Gasteiger partial charge in [0.05, 0.1) is 10.6 Å². The van der Waals surface area contributed by atoms with Gasteiger partial charge in [0.25, 0.3) is 10.0 Å². The van der Waals surface area contributed by atoms with Crippen LogP contribution in [0.1, 0.15) is 37.8 Å². The summed E-state index contributed by atoms with van der Waals surface area (Å²) >= 11 is 5.98. The number of benzene rings is 3. The lowest BCUT2D eigenvalue weighted by Crippen LogP contribution is -2.51. The van der Waals surface area contributed by atoms with E-state index in [9.17, 15) is 18.0 Å². The van der Waals surface area contributed by atoms with Crippen LogP contribution in [0.4, 0.5) is 5.69 Å². The molecule has 7 nitrogen and oxygen atoms in total. The molecule has 0 aliphatic rings. The van der Waals surface area contributed by atoms with Crippen molar-refractivity contribution in [3.05, 3.63) is 95.0 Å². The topological polar surface area (TPSA) is 86.8 Å². The molecule has 0 unspecified atom stereocenters. The average Bonchev–Trinajstić information content (AvgIpc) is 2.90. The molecule has 0 bridgehead atoms. The molecule has 0 heterocycles. The van der Waals surface area contributed by atoms with Gasteiger partial charge in [0, 0.05) is 18.1 Å². The highest BCUT2D eigenvalue weighted by atomic mass is 35.5. The Morgan fingerprint density at radius 2 is 1.66 bits per heavy atom. The Kier molecular flexibility index (Phi) is 10.3. The van der Waals surface area contributed by atoms with Crippen molar-refractivity contribution in [3.63, 3.8) is 0 Å². The molecule has 0 aliphatic heterocycles. The summed E-state index contributed by atoms with van der Waals surface area (Å²) < 4.78 is 28.5. The summed E-state index contributed by atoms with van der Waals surface area (Å²) in [5.41, 5.74) is 2.20. The van der Waals surface area contributed by atoms with E-state index in [0.717, 1.165) is 28.3 Å². The van der Waals surface area contributed by atoms with Crippen molar-refractivity contribution < 1.29 is 18.0 Å². The van der Waals surface area contributed by atoms with Crippen molar-refractivity contribution >= 4 is 39.1 Å². The van der Waals surface area contributed by atoms with E-state index in [1.165, 1.54) is 29.2 Å². The Morgan fingerprint density at radius 1 is 0.974 bits per heavy atom. The summed E-state index contributed by atoms with van der Waals surface area (Å²) in [7, 11) is -4.12. The lowest BCUT2D eigenvalue weighted by atomic mass is 10.1. The fourth-order valence-electron chi connectivity index (χ4n) is 3.98. The molecular weight excluding hydrogens is 522 g/mol. The summed E-state index contributed by atoms with van der Waals surface area (Å²) in [6, 6.07) is 21.1. The van der Waals surface area contributed by atoms with E-state index in [1.54, 1.807) is 37.3 Å². The van der Waals surface area contributed by atoms with Crippen LogP contribution in [0.15, 0.2) is 83.8 Å². The van der Waals surface area contributed by atoms with Gasteiger partial charge in [-0.05, 0) is 62.2 Å². The van der Waals surface area contributed by atoms with Crippen molar-refractivity contribution in [2.75, 3.05) is 17.4 Å². The maximum Gasteiger partial charge on any atom is 0.264 e. The number of carbonyl (C=O) groups is 2. The van der Waals surface area contributed by atoms with Crippen LogP contribution in [-0.2, 0) is 26.2 Å². The molecule has 38 heavy (non-hydrogen) atoms. The summed E-state index contributed by atoms with van der Waals surface area (Å²) in [6.07, 6.45) is 1.75. The van der Waals surface area contributed by atoms with Crippen LogP contribution in [0.3, 0.4) is 0 Å². The Balaban J connectivity index is 1.97. The van der Waals surface area contributed by atoms with E-state index in [0.29, 0.717) is 17.3 Å². The van der Waals surface area contributed by atoms with Crippen LogP contribution >= 0.6 is 11.6 Å². The largest absolute Gasteiger partial charge is 0.354 e. The lowest BCUT2D eigenvalue weighted by molar-refractivity contribution is -0.139. The predicted molar refractivity (Wildman–Crippen MR) is 152 cm³/mol. The van der Waals surface area contributed by atoms with Crippen LogP contribution in [-0.4, -0.2) is 44.3 Å². The number of rotatable bonds is 12. The monoisotopic (exact) mass is 555 g/mol. The number of amides is 2. The molecule has 2 amide bonds. The number of hydrogen-bond donors (Lipinski definition) is 1. The van der Waals surface area contributed by atoms with E-state index < -0.39 is 28.5 Å². The number of aryl methyl sites for hydroxylation is 1. The number of halogens is 1. The van der Waals surface area contributed by atoms with Crippen LogP contribution in [0.25, 0.3) is 0 Å². The van der Waals surface area contributed by atoms with E-state index in [-0.39, 0.29) is 17.3 Å². The normalized spacial score (nSPS) is 12.0. The molecule has 1 N–H and O–H groups in total. The molecule has 0 radical (unpaired) electrons. The fourth-order valence-corrected chi connectivity index (χ4v) is 5.52. The van der Waals surface area contributed by atoms with Crippen LogP contribution < -0.4 is 9.62 Å². The maximum absolute atomic E-state index is 13.8. The van der Waals surface area contributed by atoms with Crippen LogP contribution in [0, 0.1) is 6.92 Å². The van der Waals surface area contributed by atoms with Crippen LogP contribution in [0.2, 0.25) is 5.02 Å². The maximum atomic E-state index is 13.8. The molecule has 202 valence electrons. The van der Waals surface area contributed by atoms with Crippen LogP contribution in [0.5, 0.6) is 0 Å². The lowest BCUT2D eigenvalue weighted by Gasteiger charge is -2.32. The Hall–Kier alpha value is -3.36. The van der Waals surface area contributed by atoms with Crippen molar-refractivity contribution in [2.45, 2.75) is 51.1 Å². The SMILES string of the molecule is CCCCNC(=O)[C@@H](C)N(Cc1cccc(C)c1)C(=O)CN(c1ccccc1)S(=O)(=O)c1ccc(Cl)cc1. The number of para-hydroxylation sites is 1. The van der Waals surface area contributed by atoms with Crippen molar-refractivity contribution in [1.82, 2.24) is 10.2 Å². The van der Waals surface area contributed by atoms with Gasteiger partial charge >= 0.3 is 0 Å². The number of carbonyl (C=O) groups excluding carboxylic acids is 2. The van der Waals surface area contributed by atoms with E-state index in [2.05, 4.69) is 5.32 Å². The minimum absolute atomic E-state index is 0.00847. The zero-order chi connectivity index (χ0) is 27.7. The van der Waals surface area contributed by atoms with E-state index >= 15 is 0 Å². The van der Waals surface area contributed by atoms with Gasteiger partial charge < -0.3 is 10.2 Å². The molecule has 0 aromatic heterocycles. The summed E-state index contributed by atoms with van der Waals surface area (Å²) in [5, 5.41) is 3.29. The van der Waals surface area contributed by atoms with Crippen molar-refractivity contribution in [1.29, 1.82) is 0 Å². The molecule has 9 heteroatoms. The molecule has 0 spiro atoms. The zero-order valence-electron chi connectivity index (χ0n) is 21.9. The third-order valence-corrected chi connectivity index (χ3v) is 8.20. The smallest absolute Gasteiger partial charge is 0.264 e. The quantitative estimate of drug-likeness (QED) is 0.312. The second kappa shape index (κ2) is 13.4. The molecule has 1 atom stereocenters. The molecule has 3 aromatic carbocycles. The highest BCUT2D eigenvalue weighted by Gasteiger charge is 2.32. The number of anilines is 1. The number of nitrogens with zero attached hydrogens (tertiary/aromatic N) is 2. The van der Waals surface area contributed by atoms with Gasteiger partial charge in [-0.25, -0.2) is 8.42 Å². The third-order valence-electron chi connectivity index (χ3n) is 6.16. The zero-order valence-corrected chi connectivity index (χ0v) is 23.5. The van der Waals surface area contributed by atoms with Gasteiger partial charge in [0.2, 0.25) is 11.8 Å². The minimum Gasteiger partial charge on any atom is -0.354 e. The molecule has 0 aliphatic carbocycles. The minimum atomic E-state index is -4.12. The van der Waals surface area contributed by atoms with E-state index in [4.69, 9.17) is 11.6 Å². The Morgan fingerprint density at radius 3 is 2.29 bits per heavy atom. The van der Waals surface area contributed by atoms with Crippen molar-refractivity contribution in [3.8, 4) is 0 Å². The second-order valence-corrected chi connectivity index (χ2v) is 11.4. The highest BCUT2D eigenvalue weighted by molar-refractivity contribution is 7.92. The Labute approximate surface area is 230 Å². The second-order valence-electron chi connectivity index (χ2n) is 9.13. The van der Waals surface area contributed by atoms with Gasteiger partial charge in [-0.3, -0.25) is 13.9 Å². The summed E-state index contributed by atoms with van der Waals surface area (Å²) in [6.45, 7) is 5.83. The first-order valence-corrected chi connectivity index (χ1v) is 14.4. The number of nitrogens with one attached hydrogen (secondary N) is 1. The van der Waals surface area contributed by atoms with Crippen molar-refractivity contribution in [2.24, 2.45) is 0 Å². The molecule has 0 saturated carbocycles. The van der Waals surface area contributed by atoms with Gasteiger partial charge in [-0.2, -0.15) is 0 Å². The van der Waals surface area contributed by atoms with Gasteiger partial charge in [0.15, 0.2) is 0 Å². The molecule has 0 saturated heterocycles. The predicted octanol–water partition coefficient (Wildman–Crippen LogP) is 5.18. The number of unbranched alkanes of at least 4 members (excludes halogenated alkanes) is 1. The molecule has 0 fully saturated rings. The summed E-state index contributed by atoms with van der Waals surface area (Å²) in [5.74, 6) is -0.780. The molecule has 3 rings (SSSR count). The number of hydrogen-bond acceptors (Lipinski definition) is 4. The summed E-state index contributed by atoms with van der Waals surface area (Å²) in [4.78, 5) is 28.3. The first-order chi connectivity index (χ1) is 18.1. The first kappa shape index (κ1) is 29.2.